The summed E-state index contributed by atoms with van der Waals surface area (Å²) in [5, 5.41) is 10.6. The molecule has 17 heavy (non-hydrogen) atoms. The Labute approximate surface area is 99.2 Å². The van der Waals surface area contributed by atoms with Crippen LogP contribution in [0.15, 0.2) is 24.3 Å². The number of ether oxygens (including phenoxy) is 1. The molecule has 0 fully saturated rings. The van der Waals surface area contributed by atoms with Crippen LogP contribution in [0, 0.1) is 0 Å². The van der Waals surface area contributed by atoms with Crippen molar-refractivity contribution < 1.29 is 9.53 Å². The molecular formula is C12H15N3O2. The van der Waals surface area contributed by atoms with Gasteiger partial charge in [0, 0.05) is 12.5 Å². The predicted octanol–water partition coefficient (Wildman–Crippen LogP) is 1.93. The fraction of sp³-hybridized carbons (Fsp3) is 0.333. The number of hydrogen-bond donors (Lipinski definition) is 2. The number of amides is 1. The van der Waals surface area contributed by atoms with Crippen molar-refractivity contribution in [3.63, 3.8) is 0 Å². The zero-order valence-corrected chi connectivity index (χ0v) is 10.1. The molecule has 2 aromatic rings. The van der Waals surface area contributed by atoms with E-state index in [1.807, 2.05) is 24.3 Å². The van der Waals surface area contributed by atoms with Gasteiger partial charge in [0.05, 0.1) is 5.52 Å². The average Bonchev–Trinajstić information content (AvgIpc) is 2.73. The molecule has 90 valence electrons. The van der Waals surface area contributed by atoms with E-state index in [2.05, 4.69) is 15.5 Å². The van der Waals surface area contributed by atoms with Crippen LogP contribution in [0.25, 0.3) is 10.9 Å². The lowest BCUT2D eigenvalue weighted by molar-refractivity contribution is -0.133. The third kappa shape index (κ3) is 2.14. The van der Waals surface area contributed by atoms with Gasteiger partial charge in [0.15, 0.2) is 5.82 Å². The highest BCUT2D eigenvalue weighted by Crippen LogP contribution is 2.21. The average molecular weight is 233 g/mol. The molecule has 0 radical (unpaired) electrons. The Hall–Kier alpha value is -1.88. The van der Waals surface area contributed by atoms with Gasteiger partial charge in [-0.1, -0.05) is 12.1 Å². The van der Waals surface area contributed by atoms with Crippen LogP contribution >= 0.6 is 0 Å². The maximum atomic E-state index is 11.9. The van der Waals surface area contributed by atoms with E-state index < -0.39 is 5.60 Å². The first-order chi connectivity index (χ1) is 8.04. The number of anilines is 1. The normalized spacial score (nSPS) is 11.7. The molecule has 5 heteroatoms. The van der Waals surface area contributed by atoms with E-state index in [1.165, 1.54) is 7.11 Å². The lowest BCUT2D eigenvalue weighted by Crippen LogP contribution is -2.38. The van der Waals surface area contributed by atoms with Crippen molar-refractivity contribution in [1.82, 2.24) is 10.2 Å². The molecule has 1 aromatic heterocycles. The smallest absolute Gasteiger partial charge is 0.257 e. The Bertz CT molecular complexity index is 545. The van der Waals surface area contributed by atoms with Crippen LogP contribution < -0.4 is 5.32 Å². The van der Waals surface area contributed by atoms with Crippen LogP contribution in [0.2, 0.25) is 0 Å². The molecule has 2 rings (SSSR count). The minimum Gasteiger partial charge on any atom is -0.369 e. The maximum Gasteiger partial charge on any atom is 0.257 e. The number of carbonyl (C=O) groups is 1. The summed E-state index contributed by atoms with van der Waals surface area (Å²) in [6, 6.07) is 7.61. The highest BCUT2D eigenvalue weighted by atomic mass is 16.5. The van der Waals surface area contributed by atoms with Crippen LogP contribution in [0.5, 0.6) is 0 Å². The highest BCUT2D eigenvalue weighted by Gasteiger charge is 2.27. The van der Waals surface area contributed by atoms with E-state index in [0.717, 1.165) is 10.9 Å². The largest absolute Gasteiger partial charge is 0.369 e. The third-order valence-electron chi connectivity index (χ3n) is 2.76. The minimum absolute atomic E-state index is 0.225. The first-order valence-electron chi connectivity index (χ1n) is 5.34. The highest BCUT2D eigenvalue weighted by molar-refractivity contribution is 6.02. The first kappa shape index (κ1) is 11.6. The van der Waals surface area contributed by atoms with E-state index >= 15 is 0 Å². The van der Waals surface area contributed by atoms with Crippen molar-refractivity contribution in [3.05, 3.63) is 24.3 Å². The molecule has 0 unspecified atom stereocenters. The van der Waals surface area contributed by atoms with E-state index in [1.54, 1.807) is 13.8 Å². The Morgan fingerprint density at radius 3 is 2.82 bits per heavy atom. The van der Waals surface area contributed by atoms with Crippen molar-refractivity contribution >= 4 is 22.6 Å². The van der Waals surface area contributed by atoms with Crippen molar-refractivity contribution in [1.29, 1.82) is 0 Å². The maximum absolute atomic E-state index is 11.9. The van der Waals surface area contributed by atoms with Gasteiger partial charge in [0.1, 0.15) is 5.60 Å². The van der Waals surface area contributed by atoms with Crippen LogP contribution in [0.4, 0.5) is 5.82 Å². The van der Waals surface area contributed by atoms with Gasteiger partial charge in [-0.05, 0) is 26.0 Å². The van der Waals surface area contributed by atoms with Gasteiger partial charge in [-0.3, -0.25) is 9.89 Å². The van der Waals surface area contributed by atoms with E-state index in [0.29, 0.717) is 5.82 Å². The molecule has 1 aromatic carbocycles. The lowest BCUT2D eigenvalue weighted by atomic mass is 10.1. The van der Waals surface area contributed by atoms with Crippen LogP contribution in [-0.4, -0.2) is 28.8 Å². The number of fused-ring (bicyclic) bond motifs is 1. The van der Waals surface area contributed by atoms with Gasteiger partial charge in [0.25, 0.3) is 5.91 Å². The molecular weight excluding hydrogens is 218 g/mol. The Kier molecular flexibility index (Phi) is 2.85. The van der Waals surface area contributed by atoms with Gasteiger partial charge < -0.3 is 10.1 Å². The molecule has 2 N–H and O–H groups in total. The summed E-state index contributed by atoms with van der Waals surface area (Å²) in [6.45, 7) is 3.41. The Morgan fingerprint density at radius 2 is 2.12 bits per heavy atom. The summed E-state index contributed by atoms with van der Waals surface area (Å²) in [5.41, 5.74) is 0.0121. The van der Waals surface area contributed by atoms with Crippen LogP contribution in [0.3, 0.4) is 0 Å². The molecule has 0 saturated heterocycles. The van der Waals surface area contributed by atoms with E-state index in [4.69, 9.17) is 4.74 Å². The lowest BCUT2D eigenvalue weighted by Gasteiger charge is -2.20. The molecule has 0 atom stereocenters. The summed E-state index contributed by atoms with van der Waals surface area (Å²) in [6.07, 6.45) is 0. The molecule has 5 nitrogen and oxygen atoms in total. The van der Waals surface area contributed by atoms with Gasteiger partial charge in [-0.2, -0.15) is 5.10 Å². The Morgan fingerprint density at radius 1 is 1.41 bits per heavy atom. The first-order valence-corrected chi connectivity index (χ1v) is 5.34. The number of aromatic nitrogens is 2. The number of methoxy groups -OCH3 is 1. The fourth-order valence-corrected chi connectivity index (χ4v) is 1.41. The second-order valence-corrected chi connectivity index (χ2v) is 4.29. The summed E-state index contributed by atoms with van der Waals surface area (Å²) < 4.78 is 5.11. The summed E-state index contributed by atoms with van der Waals surface area (Å²) in [4.78, 5) is 11.9. The SMILES string of the molecule is COC(C)(C)C(=O)Nc1n[nH]c2ccccc12. The third-order valence-corrected chi connectivity index (χ3v) is 2.76. The number of para-hydroxylation sites is 1. The number of nitrogens with zero attached hydrogens (tertiary/aromatic N) is 1. The van der Waals surface area contributed by atoms with E-state index in [-0.39, 0.29) is 5.91 Å². The quantitative estimate of drug-likeness (QED) is 0.851. The van der Waals surface area contributed by atoms with Crippen LogP contribution in [0.1, 0.15) is 13.8 Å². The van der Waals surface area contributed by atoms with Gasteiger partial charge in [-0.15, -0.1) is 0 Å². The van der Waals surface area contributed by atoms with E-state index in [9.17, 15) is 4.79 Å². The number of H-pyrrole nitrogens is 1. The zero-order chi connectivity index (χ0) is 12.5. The van der Waals surface area contributed by atoms with Crippen molar-refractivity contribution in [2.45, 2.75) is 19.4 Å². The monoisotopic (exact) mass is 233 g/mol. The van der Waals surface area contributed by atoms with Crippen molar-refractivity contribution in [2.24, 2.45) is 0 Å². The molecule has 0 aliphatic carbocycles. The fourth-order valence-electron chi connectivity index (χ4n) is 1.41. The number of hydrogen-bond acceptors (Lipinski definition) is 3. The molecule has 0 bridgehead atoms. The molecule has 1 heterocycles. The second kappa shape index (κ2) is 4.18. The Balaban J connectivity index is 2.28. The van der Waals surface area contributed by atoms with Crippen molar-refractivity contribution in [3.8, 4) is 0 Å². The van der Waals surface area contributed by atoms with Gasteiger partial charge in [0.2, 0.25) is 0 Å². The standard InChI is InChI=1S/C12H15N3O2/c1-12(2,17-3)11(16)13-10-8-6-4-5-7-9(8)14-15-10/h4-7H,1-3H3,(H2,13,14,15,16). The number of benzene rings is 1. The molecule has 1 amide bonds. The van der Waals surface area contributed by atoms with Crippen molar-refractivity contribution in [2.75, 3.05) is 12.4 Å². The molecule has 0 spiro atoms. The summed E-state index contributed by atoms with van der Waals surface area (Å²) >= 11 is 0. The second-order valence-electron chi connectivity index (χ2n) is 4.29. The van der Waals surface area contributed by atoms with Gasteiger partial charge >= 0.3 is 0 Å². The predicted molar refractivity (Wildman–Crippen MR) is 65.8 cm³/mol. The van der Waals surface area contributed by atoms with Gasteiger partial charge in [-0.25, -0.2) is 0 Å². The van der Waals surface area contributed by atoms with Crippen LogP contribution in [-0.2, 0) is 9.53 Å². The molecule has 0 saturated carbocycles. The number of rotatable bonds is 3. The summed E-state index contributed by atoms with van der Waals surface area (Å²) in [7, 11) is 1.50. The summed E-state index contributed by atoms with van der Waals surface area (Å²) in [5.74, 6) is 0.299. The number of aromatic amines is 1. The molecule has 0 aliphatic heterocycles. The minimum atomic E-state index is -0.875. The number of nitrogens with one attached hydrogen (secondary N) is 2. The molecule has 0 aliphatic rings. The topological polar surface area (TPSA) is 67.0 Å². The zero-order valence-electron chi connectivity index (χ0n) is 10.1. The number of carbonyl (C=O) groups excluding carboxylic acids is 1.